The lowest BCUT2D eigenvalue weighted by molar-refractivity contribution is 0.0594. The highest BCUT2D eigenvalue weighted by Gasteiger charge is 2.27. The van der Waals surface area contributed by atoms with Crippen LogP contribution in [0.25, 0.3) is 22.4 Å². The molecule has 1 aliphatic rings. The Morgan fingerprint density at radius 2 is 1.82 bits per heavy atom. The third-order valence-corrected chi connectivity index (χ3v) is 9.05. The van der Waals surface area contributed by atoms with Crippen molar-refractivity contribution in [2.24, 2.45) is 0 Å². The number of anilines is 2. The van der Waals surface area contributed by atoms with Crippen LogP contribution in [0.5, 0.6) is 0 Å². The summed E-state index contributed by atoms with van der Waals surface area (Å²) in [6.45, 7) is 1.84. The molecule has 4 heterocycles. The summed E-state index contributed by atoms with van der Waals surface area (Å²) < 4.78 is 67.4. The fraction of sp³-hybridized carbons (Fsp3) is 0.276. The van der Waals surface area contributed by atoms with Crippen LogP contribution >= 0.6 is 0 Å². The van der Waals surface area contributed by atoms with Gasteiger partial charge in [0.1, 0.15) is 12.1 Å². The standard InChI is InChI=1S/C29H27F2N7O5S/c1-16-6-8-20(9-7-16)44(40,41)38-14-22(21-10-17(30)12-33-27(21)38)25-32-13-23(31)26(37-25)34-18-4-3-5-19(11-18)35-29-36-24(15-43-29)28(39)42-2/h6-10,12-15,18-19H,3-5,11H2,1-2H3,(H,35,36)(H,32,34,37)/t18?,19-/m1/s1. The third-order valence-electron chi connectivity index (χ3n) is 7.38. The molecule has 0 amide bonds. The number of aromatic nitrogens is 5. The number of fused-ring (bicyclic) bond motifs is 1. The highest BCUT2D eigenvalue weighted by molar-refractivity contribution is 7.90. The zero-order valence-electron chi connectivity index (χ0n) is 23.6. The second-order valence-corrected chi connectivity index (χ2v) is 12.3. The van der Waals surface area contributed by atoms with E-state index in [0.717, 1.165) is 47.3 Å². The van der Waals surface area contributed by atoms with E-state index in [1.165, 1.54) is 31.7 Å². The largest absolute Gasteiger partial charge is 0.464 e. The first-order valence-corrected chi connectivity index (χ1v) is 15.1. The number of rotatable bonds is 8. The minimum atomic E-state index is -4.12. The summed E-state index contributed by atoms with van der Waals surface area (Å²) in [5, 5.41) is 6.43. The summed E-state index contributed by atoms with van der Waals surface area (Å²) in [5.74, 6) is -2.11. The number of nitrogens with one attached hydrogen (secondary N) is 2. The molecule has 1 saturated carbocycles. The Kier molecular flexibility index (Phi) is 7.71. The van der Waals surface area contributed by atoms with Crippen LogP contribution < -0.4 is 10.6 Å². The Bertz CT molecular complexity index is 1960. The SMILES string of the molecule is COC(=O)c1coc(N[C@@H]2CCCC(Nc3nc(-c4cn(S(=O)(=O)c5ccc(C)cc5)c5ncc(F)cc45)ncc3F)C2)n1. The molecule has 0 spiro atoms. The Balaban J connectivity index is 1.28. The second kappa shape index (κ2) is 11.6. The van der Waals surface area contributed by atoms with E-state index < -0.39 is 27.6 Å². The van der Waals surface area contributed by atoms with E-state index in [2.05, 4.69) is 35.3 Å². The van der Waals surface area contributed by atoms with Gasteiger partial charge in [-0.05, 0) is 50.8 Å². The first kappa shape index (κ1) is 29.2. The number of hydrogen-bond donors (Lipinski definition) is 2. The predicted octanol–water partition coefficient (Wildman–Crippen LogP) is 4.93. The van der Waals surface area contributed by atoms with Crippen molar-refractivity contribution in [3.63, 3.8) is 0 Å². The summed E-state index contributed by atoms with van der Waals surface area (Å²) >= 11 is 0. The molecule has 2 atom stereocenters. The lowest BCUT2D eigenvalue weighted by Crippen LogP contribution is -2.35. The maximum Gasteiger partial charge on any atom is 0.360 e. The van der Waals surface area contributed by atoms with Crippen molar-refractivity contribution < 1.29 is 31.1 Å². The van der Waals surface area contributed by atoms with Crippen LogP contribution in [0.1, 0.15) is 41.7 Å². The van der Waals surface area contributed by atoms with Crippen molar-refractivity contribution in [1.82, 2.24) is 23.9 Å². The van der Waals surface area contributed by atoms with Gasteiger partial charge < -0.3 is 19.8 Å². The molecule has 1 unspecified atom stereocenters. The Morgan fingerprint density at radius 1 is 1.07 bits per heavy atom. The van der Waals surface area contributed by atoms with E-state index in [1.54, 1.807) is 12.1 Å². The van der Waals surface area contributed by atoms with Crippen LogP contribution in [-0.4, -0.2) is 57.5 Å². The van der Waals surface area contributed by atoms with Gasteiger partial charge in [0, 0.05) is 29.2 Å². The number of benzene rings is 1. The number of nitrogens with zero attached hydrogens (tertiary/aromatic N) is 5. The van der Waals surface area contributed by atoms with Gasteiger partial charge in [-0.25, -0.2) is 40.9 Å². The minimum Gasteiger partial charge on any atom is -0.464 e. The molecular formula is C29H27F2N7O5S. The fourth-order valence-electron chi connectivity index (χ4n) is 5.20. The summed E-state index contributed by atoms with van der Waals surface area (Å²) in [5.41, 5.74) is 1.07. The summed E-state index contributed by atoms with van der Waals surface area (Å²) in [6.07, 6.45) is 7.24. The zero-order chi connectivity index (χ0) is 31.0. The van der Waals surface area contributed by atoms with Crippen LogP contribution in [0.3, 0.4) is 0 Å². The number of carbonyl (C=O) groups excluding carboxylic acids is 1. The molecule has 2 N–H and O–H groups in total. The molecule has 15 heteroatoms. The van der Waals surface area contributed by atoms with Crippen LogP contribution in [0, 0.1) is 18.6 Å². The highest BCUT2D eigenvalue weighted by Crippen LogP contribution is 2.32. The number of halogens is 2. The fourth-order valence-corrected chi connectivity index (χ4v) is 6.52. The Morgan fingerprint density at radius 3 is 2.57 bits per heavy atom. The average molecular weight is 624 g/mol. The van der Waals surface area contributed by atoms with Gasteiger partial charge in [-0.2, -0.15) is 4.98 Å². The first-order chi connectivity index (χ1) is 21.1. The van der Waals surface area contributed by atoms with Gasteiger partial charge in [-0.3, -0.25) is 0 Å². The molecule has 12 nitrogen and oxygen atoms in total. The van der Waals surface area contributed by atoms with Crippen molar-refractivity contribution >= 4 is 38.9 Å². The van der Waals surface area contributed by atoms with E-state index in [9.17, 15) is 22.0 Å². The Labute approximate surface area is 250 Å². The van der Waals surface area contributed by atoms with Crippen molar-refractivity contribution in [2.75, 3.05) is 17.7 Å². The molecule has 5 aromatic rings. The van der Waals surface area contributed by atoms with Crippen LogP contribution in [0.4, 0.5) is 20.6 Å². The summed E-state index contributed by atoms with van der Waals surface area (Å²) in [6, 6.07) is 7.32. The van der Waals surface area contributed by atoms with Crippen molar-refractivity contribution in [3.05, 3.63) is 78.1 Å². The van der Waals surface area contributed by atoms with Crippen molar-refractivity contribution in [2.45, 2.75) is 49.6 Å². The molecule has 1 aromatic carbocycles. The zero-order valence-corrected chi connectivity index (χ0v) is 24.4. The van der Waals surface area contributed by atoms with Crippen LogP contribution in [-0.2, 0) is 14.8 Å². The van der Waals surface area contributed by atoms with Gasteiger partial charge in [0.05, 0.1) is 24.4 Å². The second-order valence-electron chi connectivity index (χ2n) is 10.5. The molecule has 1 fully saturated rings. The van der Waals surface area contributed by atoms with E-state index in [-0.39, 0.29) is 56.9 Å². The number of hydrogen-bond acceptors (Lipinski definition) is 11. The first-order valence-electron chi connectivity index (χ1n) is 13.7. The number of esters is 1. The smallest absolute Gasteiger partial charge is 0.360 e. The van der Waals surface area contributed by atoms with Gasteiger partial charge in [-0.15, -0.1) is 0 Å². The molecule has 44 heavy (non-hydrogen) atoms. The van der Waals surface area contributed by atoms with E-state index >= 15 is 0 Å². The molecule has 0 aliphatic heterocycles. The summed E-state index contributed by atoms with van der Waals surface area (Å²) in [7, 11) is -2.87. The molecule has 0 saturated heterocycles. The number of aryl methyl sites for hydroxylation is 1. The monoisotopic (exact) mass is 623 g/mol. The summed E-state index contributed by atoms with van der Waals surface area (Å²) in [4.78, 5) is 28.3. The molecular weight excluding hydrogens is 596 g/mol. The topological polar surface area (TPSA) is 154 Å². The number of ether oxygens (including phenoxy) is 1. The molecule has 4 aromatic heterocycles. The molecule has 228 valence electrons. The van der Waals surface area contributed by atoms with Crippen molar-refractivity contribution in [3.8, 4) is 11.4 Å². The molecule has 0 bridgehead atoms. The maximum atomic E-state index is 15.0. The lowest BCUT2D eigenvalue weighted by atomic mass is 9.91. The van der Waals surface area contributed by atoms with Gasteiger partial charge in [0.25, 0.3) is 16.0 Å². The van der Waals surface area contributed by atoms with Gasteiger partial charge in [0.15, 0.2) is 28.8 Å². The molecule has 6 rings (SSSR count). The molecule has 0 radical (unpaired) electrons. The minimum absolute atomic E-state index is 0.00948. The highest BCUT2D eigenvalue weighted by atomic mass is 32.2. The Hall–Kier alpha value is -4.92. The maximum absolute atomic E-state index is 15.0. The number of pyridine rings is 1. The van der Waals surface area contributed by atoms with Crippen LogP contribution in [0.15, 0.2) is 64.5 Å². The third kappa shape index (κ3) is 5.69. The quantitative estimate of drug-likeness (QED) is 0.226. The number of carbonyl (C=O) groups is 1. The lowest BCUT2D eigenvalue weighted by Gasteiger charge is -2.30. The average Bonchev–Trinajstić information content (AvgIpc) is 3.63. The van der Waals surface area contributed by atoms with E-state index in [4.69, 9.17) is 4.42 Å². The predicted molar refractivity (Wildman–Crippen MR) is 156 cm³/mol. The van der Waals surface area contributed by atoms with Gasteiger partial charge >= 0.3 is 5.97 Å². The number of oxazole rings is 1. The van der Waals surface area contributed by atoms with E-state index in [0.29, 0.717) is 6.42 Å². The van der Waals surface area contributed by atoms with Crippen LogP contribution in [0.2, 0.25) is 0 Å². The molecule has 1 aliphatic carbocycles. The van der Waals surface area contributed by atoms with E-state index in [1.807, 2.05) is 6.92 Å². The van der Waals surface area contributed by atoms with Crippen molar-refractivity contribution in [1.29, 1.82) is 0 Å². The normalized spacial score (nSPS) is 17.0. The van der Waals surface area contributed by atoms with Gasteiger partial charge in [0.2, 0.25) is 0 Å². The van der Waals surface area contributed by atoms with Gasteiger partial charge in [-0.1, -0.05) is 17.7 Å². The number of methoxy groups -OCH3 is 1.